The van der Waals surface area contributed by atoms with Crippen molar-refractivity contribution in [1.82, 2.24) is 9.78 Å². The second-order valence-corrected chi connectivity index (χ2v) is 8.24. The molecule has 1 aliphatic heterocycles. The molecule has 0 fully saturated rings. The molecule has 1 amide bonds. The van der Waals surface area contributed by atoms with Crippen LogP contribution in [0.25, 0.3) is 5.69 Å². The van der Waals surface area contributed by atoms with Gasteiger partial charge in [-0.05, 0) is 37.3 Å². The number of nitrogens with zero attached hydrogens (tertiary/aromatic N) is 2. The van der Waals surface area contributed by atoms with Gasteiger partial charge in [-0.2, -0.15) is 18.3 Å². The molecule has 1 atom stereocenters. The van der Waals surface area contributed by atoms with Crippen molar-refractivity contribution >= 4 is 22.5 Å². The Kier molecular flexibility index (Phi) is 4.77. The highest BCUT2D eigenvalue weighted by Crippen LogP contribution is 2.33. The van der Waals surface area contributed by atoms with Gasteiger partial charge in [-0.15, -0.1) is 0 Å². The van der Waals surface area contributed by atoms with Crippen LogP contribution >= 0.6 is 0 Å². The highest BCUT2D eigenvalue weighted by Gasteiger charge is 2.32. The molecule has 1 aromatic heterocycles. The average molecular weight is 419 g/mol. The number of alkyl halides is 3. The van der Waals surface area contributed by atoms with Crippen molar-refractivity contribution in [2.24, 2.45) is 0 Å². The van der Waals surface area contributed by atoms with Crippen LogP contribution in [0.3, 0.4) is 0 Å². The molecule has 0 aliphatic carbocycles. The maximum Gasteiger partial charge on any atom is 0.416 e. The molecular formula is C20H16F3N3O2S. The predicted molar refractivity (Wildman–Crippen MR) is 103 cm³/mol. The summed E-state index contributed by atoms with van der Waals surface area (Å²) in [6.07, 6.45) is -4.54. The van der Waals surface area contributed by atoms with E-state index < -0.39 is 28.4 Å². The summed E-state index contributed by atoms with van der Waals surface area (Å²) in [6.45, 7) is 1.94. The van der Waals surface area contributed by atoms with Crippen LogP contribution < -0.4 is 5.32 Å². The SMILES string of the molecule is Cc1ccc(-n2nc3c(c2NC(=O)c2cccc(C(F)(F)F)c2)CS(=O)C3)cc1. The monoisotopic (exact) mass is 419 g/mol. The third-order valence-corrected chi connectivity index (χ3v) is 5.84. The first kappa shape index (κ1) is 19.4. The molecule has 29 heavy (non-hydrogen) atoms. The smallest absolute Gasteiger partial charge is 0.306 e. The number of halogens is 3. The molecule has 9 heteroatoms. The minimum atomic E-state index is -4.54. The fourth-order valence-corrected chi connectivity index (χ4v) is 4.41. The first-order valence-corrected chi connectivity index (χ1v) is 10.2. The number of benzene rings is 2. The molecular weight excluding hydrogens is 403 g/mol. The highest BCUT2D eigenvalue weighted by molar-refractivity contribution is 7.83. The van der Waals surface area contributed by atoms with E-state index in [0.29, 0.717) is 22.8 Å². The van der Waals surface area contributed by atoms with Crippen molar-refractivity contribution in [3.63, 3.8) is 0 Å². The topological polar surface area (TPSA) is 64.0 Å². The van der Waals surface area contributed by atoms with Gasteiger partial charge in [0.15, 0.2) is 0 Å². The van der Waals surface area contributed by atoms with Crippen LogP contribution in [0.1, 0.15) is 32.7 Å². The van der Waals surface area contributed by atoms with Crippen LogP contribution in [-0.2, 0) is 28.5 Å². The normalized spacial score (nSPS) is 15.9. The maximum atomic E-state index is 13.0. The molecule has 0 saturated carbocycles. The fraction of sp³-hybridized carbons (Fsp3) is 0.200. The quantitative estimate of drug-likeness (QED) is 0.692. The molecule has 0 radical (unpaired) electrons. The maximum absolute atomic E-state index is 13.0. The summed E-state index contributed by atoms with van der Waals surface area (Å²) in [6, 6.07) is 11.7. The molecule has 3 aromatic rings. The van der Waals surface area contributed by atoms with Crippen LogP contribution in [-0.4, -0.2) is 19.9 Å². The Bertz CT molecular complexity index is 1120. The zero-order valence-corrected chi connectivity index (χ0v) is 16.1. The van der Waals surface area contributed by atoms with E-state index in [2.05, 4.69) is 10.4 Å². The van der Waals surface area contributed by atoms with E-state index in [0.717, 1.165) is 17.7 Å². The number of hydrogen-bond donors (Lipinski definition) is 1. The first-order chi connectivity index (χ1) is 13.7. The van der Waals surface area contributed by atoms with Crippen molar-refractivity contribution in [2.45, 2.75) is 24.6 Å². The number of fused-ring (bicyclic) bond motifs is 1. The van der Waals surface area contributed by atoms with Gasteiger partial charge in [-0.3, -0.25) is 9.00 Å². The largest absolute Gasteiger partial charge is 0.416 e. The molecule has 4 rings (SSSR count). The van der Waals surface area contributed by atoms with Crippen molar-refractivity contribution in [3.8, 4) is 5.69 Å². The van der Waals surface area contributed by atoms with Gasteiger partial charge in [0.1, 0.15) is 5.82 Å². The van der Waals surface area contributed by atoms with Gasteiger partial charge in [-0.25, -0.2) is 4.68 Å². The van der Waals surface area contributed by atoms with E-state index in [1.165, 1.54) is 16.8 Å². The number of carbonyl (C=O) groups excluding carboxylic acids is 1. The van der Waals surface area contributed by atoms with Crippen LogP contribution in [0.5, 0.6) is 0 Å². The molecule has 2 heterocycles. The van der Waals surface area contributed by atoms with Gasteiger partial charge >= 0.3 is 6.18 Å². The molecule has 0 bridgehead atoms. The predicted octanol–water partition coefficient (Wildman–Crippen LogP) is 4.21. The molecule has 150 valence electrons. The number of anilines is 1. The van der Waals surface area contributed by atoms with Gasteiger partial charge < -0.3 is 5.32 Å². The summed E-state index contributed by atoms with van der Waals surface area (Å²) in [4.78, 5) is 12.7. The van der Waals surface area contributed by atoms with E-state index in [9.17, 15) is 22.2 Å². The second-order valence-electron chi connectivity index (χ2n) is 6.78. The zero-order chi connectivity index (χ0) is 20.8. The van der Waals surface area contributed by atoms with Crippen molar-refractivity contribution in [2.75, 3.05) is 5.32 Å². The molecule has 1 N–H and O–H groups in total. The third-order valence-electron chi connectivity index (χ3n) is 4.63. The van der Waals surface area contributed by atoms with Crippen LogP contribution in [0, 0.1) is 6.92 Å². The van der Waals surface area contributed by atoms with E-state index in [-0.39, 0.29) is 17.1 Å². The van der Waals surface area contributed by atoms with Crippen molar-refractivity contribution < 1.29 is 22.2 Å². The summed E-state index contributed by atoms with van der Waals surface area (Å²) < 4.78 is 52.4. The van der Waals surface area contributed by atoms with Crippen molar-refractivity contribution in [1.29, 1.82) is 0 Å². The Hall–Kier alpha value is -2.94. The molecule has 1 unspecified atom stereocenters. The minimum Gasteiger partial charge on any atom is -0.306 e. The number of nitrogens with one attached hydrogen (secondary N) is 1. The third kappa shape index (κ3) is 3.82. The van der Waals surface area contributed by atoms with E-state index in [1.54, 1.807) is 0 Å². The summed E-state index contributed by atoms with van der Waals surface area (Å²) in [5, 5.41) is 7.15. The molecule has 5 nitrogen and oxygen atoms in total. The number of aromatic nitrogens is 2. The van der Waals surface area contributed by atoms with Crippen LogP contribution in [0.15, 0.2) is 48.5 Å². The lowest BCUT2D eigenvalue weighted by atomic mass is 10.1. The Balaban J connectivity index is 1.72. The number of carbonyl (C=O) groups is 1. The number of hydrogen-bond acceptors (Lipinski definition) is 3. The highest BCUT2D eigenvalue weighted by atomic mass is 32.2. The molecule has 0 saturated heterocycles. The lowest BCUT2D eigenvalue weighted by Crippen LogP contribution is -2.17. The Morgan fingerprint density at radius 2 is 1.86 bits per heavy atom. The van der Waals surface area contributed by atoms with Gasteiger partial charge in [0.2, 0.25) is 0 Å². The summed E-state index contributed by atoms with van der Waals surface area (Å²) in [7, 11) is -1.12. The summed E-state index contributed by atoms with van der Waals surface area (Å²) >= 11 is 0. The Morgan fingerprint density at radius 3 is 2.55 bits per heavy atom. The summed E-state index contributed by atoms with van der Waals surface area (Å²) in [5.41, 5.74) is 1.97. The Morgan fingerprint density at radius 1 is 1.14 bits per heavy atom. The average Bonchev–Trinajstić information content (AvgIpc) is 3.19. The summed E-state index contributed by atoms with van der Waals surface area (Å²) in [5.74, 6) is 0.155. The van der Waals surface area contributed by atoms with E-state index >= 15 is 0 Å². The second kappa shape index (κ2) is 7.14. The first-order valence-electron chi connectivity index (χ1n) is 8.74. The van der Waals surface area contributed by atoms with E-state index in [1.807, 2.05) is 31.2 Å². The Labute approximate surface area is 167 Å². The minimum absolute atomic E-state index is 0.121. The number of rotatable bonds is 3. The lowest BCUT2D eigenvalue weighted by Gasteiger charge is -2.12. The zero-order valence-electron chi connectivity index (χ0n) is 15.3. The van der Waals surface area contributed by atoms with Gasteiger partial charge in [0.25, 0.3) is 5.91 Å². The number of amides is 1. The fourth-order valence-electron chi connectivity index (χ4n) is 3.15. The van der Waals surface area contributed by atoms with Crippen LogP contribution in [0.4, 0.5) is 19.0 Å². The van der Waals surface area contributed by atoms with Gasteiger partial charge in [0, 0.05) is 21.9 Å². The van der Waals surface area contributed by atoms with Gasteiger partial charge in [-0.1, -0.05) is 23.8 Å². The van der Waals surface area contributed by atoms with Crippen LogP contribution in [0.2, 0.25) is 0 Å². The molecule has 0 spiro atoms. The number of aryl methyl sites for hydroxylation is 1. The lowest BCUT2D eigenvalue weighted by molar-refractivity contribution is -0.137. The molecule has 2 aromatic carbocycles. The standard InChI is InChI=1S/C20H16F3N3O2S/c1-12-5-7-15(8-6-12)26-18(16-10-29(28)11-17(16)25-26)24-19(27)13-3-2-4-14(9-13)20(21,22)23/h2-9H,10-11H2,1H3,(H,24,27). The van der Waals surface area contributed by atoms with Gasteiger partial charge in [0.05, 0.1) is 28.5 Å². The van der Waals surface area contributed by atoms with E-state index in [4.69, 9.17) is 0 Å². The van der Waals surface area contributed by atoms with Crippen molar-refractivity contribution in [3.05, 3.63) is 76.5 Å². The molecule has 1 aliphatic rings.